The van der Waals surface area contributed by atoms with Crippen molar-refractivity contribution in [3.05, 3.63) is 47.5 Å². The maximum absolute atomic E-state index is 12.1. The highest BCUT2D eigenvalue weighted by Crippen LogP contribution is 2.31. The van der Waals surface area contributed by atoms with Crippen LogP contribution in [-0.2, 0) is 4.79 Å². The molecular weight excluding hydrogens is 210 g/mol. The van der Waals surface area contributed by atoms with E-state index < -0.39 is 0 Å². The zero-order valence-electron chi connectivity index (χ0n) is 10.5. The minimum atomic E-state index is 0.149. The van der Waals surface area contributed by atoms with E-state index in [1.807, 2.05) is 36.9 Å². The molecular formula is C15H19NO. The third-order valence-corrected chi connectivity index (χ3v) is 3.13. The lowest BCUT2D eigenvalue weighted by Gasteiger charge is -2.24. The molecule has 1 aliphatic heterocycles. The summed E-state index contributed by atoms with van der Waals surface area (Å²) in [7, 11) is 0. The third kappa shape index (κ3) is 2.76. The van der Waals surface area contributed by atoms with Crippen LogP contribution in [0.1, 0.15) is 38.3 Å². The number of hydrogen-bond donors (Lipinski definition) is 0. The summed E-state index contributed by atoms with van der Waals surface area (Å²) in [6.45, 7) is 4.80. The van der Waals surface area contributed by atoms with Gasteiger partial charge in [-0.25, -0.2) is 0 Å². The average Bonchev–Trinajstić information content (AvgIpc) is 2.78. The molecule has 0 saturated carbocycles. The van der Waals surface area contributed by atoms with Crippen LogP contribution in [0.4, 0.5) is 0 Å². The Morgan fingerprint density at radius 2 is 2.00 bits per heavy atom. The van der Waals surface area contributed by atoms with Crippen LogP contribution in [0, 0.1) is 0 Å². The van der Waals surface area contributed by atoms with Crippen LogP contribution in [-0.4, -0.2) is 17.4 Å². The van der Waals surface area contributed by atoms with Gasteiger partial charge in [0.1, 0.15) is 0 Å². The average molecular weight is 229 g/mol. The maximum atomic E-state index is 12.1. The Morgan fingerprint density at radius 1 is 1.29 bits per heavy atom. The van der Waals surface area contributed by atoms with E-state index in [9.17, 15) is 4.79 Å². The van der Waals surface area contributed by atoms with Crippen molar-refractivity contribution >= 4 is 5.91 Å². The number of amides is 1. The number of allylic oxidation sites excluding steroid dienone is 1. The summed E-state index contributed by atoms with van der Waals surface area (Å²) < 4.78 is 0. The number of carbonyl (C=O) groups excluding carboxylic acids is 1. The summed E-state index contributed by atoms with van der Waals surface area (Å²) in [5.41, 5.74) is 2.31. The summed E-state index contributed by atoms with van der Waals surface area (Å²) in [5, 5.41) is 0. The molecule has 1 unspecified atom stereocenters. The predicted molar refractivity (Wildman–Crippen MR) is 69.6 cm³/mol. The fraction of sp³-hybridized carbons (Fsp3) is 0.400. The second-order valence-corrected chi connectivity index (χ2v) is 4.82. The van der Waals surface area contributed by atoms with E-state index in [0.29, 0.717) is 0 Å². The summed E-state index contributed by atoms with van der Waals surface area (Å²) in [4.78, 5) is 14.1. The fourth-order valence-corrected chi connectivity index (χ4v) is 2.38. The molecule has 2 nitrogen and oxygen atoms in total. The number of hydrogen-bond acceptors (Lipinski definition) is 1. The summed E-state index contributed by atoms with van der Waals surface area (Å²) >= 11 is 0. The van der Waals surface area contributed by atoms with Crippen molar-refractivity contribution in [1.82, 2.24) is 4.90 Å². The van der Waals surface area contributed by atoms with Gasteiger partial charge in [0, 0.05) is 12.6 Å². The van der Waals surface area contributed by atoms with Crippen molar-refractivity contribution in [1.29, 1.82) is 0 Å². The predicted octanol–water partition coefficient (Wildman–Crippen LogP) is 3.32. The van der Waals surface area contributed by atoms with Crippen LogP contribution < -0.4 is 0 Å². The van der Waals surface area contributed by atoms with Gasteiger partial charge in [0.05, 0.1) is 6.04 Å². The molecule has 0 N–H and O–H groups in total. The molecule has 2 heteroatoms. The van der Waals surface area contributed by atoms with E-state index in [-0.39, 0.29) is 11.9 Å². The first-order valence-electron chi connectivity index (χ1n) is 6.19. The summed E-state index contributed by atoms with van der Waals surface area (Å²) in [6.07, 6.45) is 3.91. The Morgan fingerprint density at radius 3 is 2.65 bits per heavy atom. The largest absolute Gasteiger partial charge is 0.332 e. The van der Waals surface area contributed by atoms with E-state index in [0.717, 1.165) is 25.0 Å². The molecule has 1 aromatic carbocycles. The van der Waals surface area contributed by atoms with Crippen molar-refractivity contribution in [3.63, 3.8) is 0 Å². The molecule has 1 aromatic rings. The lowest BCUT2D eigenvalue weighted by atomic mass is 10.0. The Labute approximate surface area is 103 Å². The SMILES string of the molecule is CC(C)=CC(=O)N1CCCC1c1ccccc1. The van der Waals surface area contributed by atoms with Gasteiger partial charge >= 0.3 is 0 Å². The number of rotatable bonds is 2. The van der Waals surface area contributed by atoms with E-state index in [1.54, 1.807) is 6.08 Å². The minimum Gasteiger partial charge on any atom is -0.332 e. The first-order chi connectivity index (χ1) is 8.18. The van der Waals surface area contributed by atoms with Crippen LogP contribution in [0.2, 0.25) is 0 Å². The van der Waals surface area contributed by atoms with Gasteiger partial charge in [-0.15, -0.1) is 0 Å². The zero-order valence-corrected chi connectivity index (χ0v) is 10.5. The standard InChI is InChI=1S/C15H19NO/c1-12(2)11-15(17)16-10-6-9-14(16)13-7-4-3-5-8-13/h3-5,7-8,11,14H,6,9-10H2,1-2H3. The van der Waals surface area contributed by atoms with Crippen LogP contribution in [0.3, 0.4) is 0 Å². The number of nitrogens with zero attached hydrogens (tertiary/aromatic N) is 1. The van der Waals surface area contributed by atoms with Crippen LogP contribution in [0.15, 0.2) is 42.0 Å². The van der Waals surface area contributed by atoms with Crippen LogP contribution in [0.5, 0.6) is 0 Å². The van der Waals surface area contributed by atoms with Gasteiger partial charge in [-0.2, -0.15) is 0 Å². The number of carbonyl (C=O) groups is 1. The van der Waals surface area contributed by atoms with Crippen LogP contribution in [0.25, 0.3) is 0 Å². The topological polar surface area (TPSA) is 20.3 Å². The molecule has 17 heavy (non-hydrogen) atoms. The molecule has 1 amide bonds. The molecule has 0 radical (unpaired) electrons. The van der Waals surface area contributed by atoms with Gasteiger partial charge in [0.2, 0.25) is 5.91 Å². The minimum absolute atomic E-state index is 0.149. The van der Waals surface area contributed by atoms with Gasteiger partial charge in [-0.05, 0) is 32.3 Å². The van der Waals surface area contributed by atoms with Crippen molar-refractivity contribution in [2.24, 2.45) is 0 Å². The number of likely N-dealkylation sites (tertiary alicyclic amines) is 1. The molecule has 1 heterocycles. The molecule has 1 aliphatic rings. The highest BCUT2D eigenvalue weighted by molar-refractivity contribution is 5.88. The molecule has 0 aromatic heterocycles. The lowest BCUT2D eigenvalue weighted by Crippen LogP contribution is -2.29. The van der Waals surface area contributed by atoms with Gasteiger partial charge in [0.25, 0.3) is 0 Å². The lowest BCUT2D eigenvalue weighted by molar-refractivity contribution is -0.126. The molecule has 90 valence electrons. The second kappa shape index (κ2) is 5.17. The van der Waals surface area contributed by atoms with Gasteiger partial charge in [-0.1, -0.05) is 35.9 Å². The van der Waals surface area contributed by atoms with E-state index in [4.69, 9.17) is 0 Å². The molecule has 0 bridgehead atoms. The van der Waals surface area contributed by atoms with Crippen molar-refractivity contribution in [2.75, 3.05) is 6.54 Å². The molecule has 2 rings (SSSR count). The highest BCUT2D eigenvalue weighted by Gasteiger charge is 2.28. The van der Waals surface area contributed by atoms with Crippen LogP contribution >= 0.6 is 0 Å². The monoisotopic (exact) mass is 229 g/mol. The summed E-state index contributed by atoms with van der Waals surface area (Å²) in [6, 6.07) is 10.6. The van der Waals surface area contributed by atoms with Gasteiger partial charge in [-0.3, -0.25) is 4.79 Å². The molecule has 0 spiro atoms. The number of benzene rings is 1. The van der Waals surface area contributed by atoms with Gasteiger partial charge in [0.15, 0.2) is 0 Å². The Hall–Kier alpha value is -1.57. The van der Waals surface area contributed by atoms with Crippen molar-refractivity contribution < 1.29 is 4.79 Å². The molecule has 1 saturated heterocycles. The Balaban J connectivity index is 2.18. The third-order valence-electron chi connectivity index (χ3n) is 3.13. The normalized spacial score (nSPS) is 19.2. The zero-order chi connectivity index (χ0) is 12.3. The quantitative estimate of drug-likeness (QED) is 0.712. The fourth-order valence-electron chi connectivity index (χ4n) is 2.38. The Bertz CT molecular complexity index is 418. The smallest absolute Gasteiger partial charge is 0.246 e. The maximum Gasteiger partial charge on any atom is 0.246 e. The Kier molecular flexibility index (Phi) is 3.62. The van der Waals surface area contributed by atoms with E-state index >= 15 is 0 Å². The van der Waals surface area contributed by atoms with E-state index in [2.05, 4.69) is 12.1 Å². The van der Waals surface area contributed by atoms with Gasteiger partial charge < -0.3 is 4.90 Å². The first-order valence-corrected chi connectivity index (χ1v) is 6.19. The van der Waals surface area contributed by atoms with Crippen molar-refractivity contribution in [3.8, 4) is 0 Å². The second-order valence-electron chi connectivity index (χ2n) is 4.82. The summed E-state index contributed by atoms with van der Waals surface area (Å²) in [5.74, 6) is 0.149. The highest BCUT2D eigenvalue weighted by atomic mass is 16.2. The molecule has 1 atom stereocenters. The molecule has 1 fully saturated rings. The van der Waals surface area contributed by atoms with E-state index in [1.165, 1.54) is 5.56 Å². The first kappa shape index (κ1) is 11.9. The van der Waals surface area contributed by atoms with Crippen molar-refractivity contribution in [2.45, 2.75) is 32.7 Å². The molecule has 0 aliphatic carbocycles.